The summed E-state index contributed by atoms with van der Waals surface area (Å²) in [5.74, 6) is -1.25. The van der Waals surface area contributed by atoms with Crippen LogP contribution < -0.4 is 5.32 Å². The maximum Gasteiger partial charge on any atom is 0.251 e. The number of sulfonamides is 1. The Balaban J connectivity index is 1.63. The van der Waals surface area contributed by atoms with Gasteiger partial charge in [0.25, 0.3) is 5.91 Å². The third-order valence-corrected chi connectivity index (χ3v) is 6.73. The summed E-state index contributed by atoms with van der Waals surface area (Å²) in [6, 6.07) is 3.48. The fourth-order valence-corrected chi connectivity index (χ4v) is 4.89. The molecule has 0 unspecified atom stereocenters. The molecular formula is C19H25FN4O3S. The predicted molar refractivity (Wildman–Crippen MR) is 103 cm³/mol. The van der Waals surface area contributed by atoms with Gasteiger partial charge < -0.3 is 5.32 Å². The van der Waals surface area contributed by atoms with Crippen molar-refractivity contribution >= 4 is 15.9 Å². The number of benzene rings is 1. The molecule has 0 radical (unpaired) electrons. The van der Waals surface area contributed by atoms with Crippen LogP contribution in [0.2, 0.25) is 0 Å². The molecule has 2 heterocycles. The quantitative estimate of drug-likeness (QED) is 0.711. The van der Waals surface area contributed by atoms with Crippen LogP contribution in [0.3, 0.4) is 0 Å². The van der Waals surface area contributed by atoms with Crippen molar-refractivity contribution < 1.29 is 17.6 Å². The molecule has 28 heavy (non-hydrogen) atoms. The summed E-state index contributed by atoms with van der Waals surface area (Å²) in [5, 5.41) is 6.85. The third kappa shape index (κ3) is 4.77. The molecule has 0 bridgehead atoms. The monoisotopic (exact) mass is 408 g/mol. The lowest BCUT2D eigenvalue weighted by Crippen LogP contribution is -2.36. The molecule has 2 aromatic rings. The highest BCUT2D eigenvalue weighted by Crippen LogP contribution is 2.24. The van der Waals surface area contributed by atoms with E-state index in [0.29, 0.717) is 19.6 Å². The molecule has 1 N–H and O–H groups in total. The first-order valence-corrected chi connectivity index (χ1v) is 10.9. The molecule has 1 fully saturated rings. The van der Waals surface area contributed by atoms with Gasteiger partial charge in [-0.15, -0.1) is 0 Å². The minimum atomic E-state index is -3.94. The van der Waals surface area contributed by atoms with Crippen molar-refractivity contribution in [2.75, 3.05) is 19.6 Å². The van der Waals surface area contributed by atoms with Gasteiger partial charge >= 0.3 is 0 Å². The number of aromatic nitrogens is 2. The highest BCUT2D eigenvalue weighted by Gasteiger charge is 2.29. The summed E-state index contributed by atoms with van der Waals surface area (Å²) in [6.07, 6.45) is 7.68. The summed E-state index contributed by atoms with van der Waals surface area (Å²) >= 11 is 0. The maximum absolute atomic E-state index is 14.2. The van der Waals surface area contributed by atoms with E-state index in [2.05, 4.69) is 10.4 Å². The topological polar surface area (TPSA) is 84.3 Å². The van der Waals surface area contributed by atoms with E-state index in [1.807, 2.05) is 13.2 Å². The molecule has 1 aromatic carbocycles. The fourth-order valence-electron chi connectivity index (χ4n) is 3.28. The van der Waals surface area contributed by atoms with Crippen LogP contribution in [0, 0.1) is 5.82 Å². The first-order chi connectivity index (χ1) is 13.4. The van der Waals surface area contributed by atoms with Crippen molar-refractivity contribution in [1.82, 2.24) is 19.4 Å². The van der Waals surface area contributed by atoms with Crippen molar-refractivity contribution in [2.24, 2.45) is 7.05 Å². The van der Waals surface area contributed by atoms with Gasteiger partial charge in [0.15, 0.2) is 0 Å². The van der Waals surface area contributed by atoms with Crippen molar-refractivity contribution in [3.8, 4) is 0 Å². The first kappa shape index (κ1) is 20.5. The molecular weight excluding hydrogens is 383 g/mol. The number of carbonyl (C=O) groups excluding carboxylic acids is 1. The zero-order valence-electron chi connectivity index (χ0n) is 15.9. The molecule has 0 spiro atoms. The van der Waals surface area contributed by atoms with Gasteiger partial charge in [-0.3, -0.25) is 9.48 Å². The Morgan fingerprint density at radius 1 is 1.25 bits per heavy atom. The van der Waals surface area contributed by atoms with Crippen LogP contribution in [0.25, 0.3) is 0 Å². The van der Waals surface area contributed by atoms with Crippen LogP contribution in [0.15, 0.2) is 35.5 Å². The zero-order valence-corrected chi connectivity index (χ0v) is 16.7. The van der Waals surface area contributed by atoms with Gasteiger partial charge in [0.05, 0.1) is 6.20 Å². The normalized spacial score (nSPS) is 15.5. The number of rotatable bonds is 7. The number of halogens is 1. The summed E-state index contributed by atoms with van der Waals surface area (Å²) in [7, 11) is -2.10. The minimum Gasteiger partial charge on any atom is -0.352 e. The second-order valence-electron chi connectivity index (χ2n) is 6.99. The van der Waals surface area contributed by atoms with E-state index in [9.17, 15) is 17.6 Å². The molecule has 1 saturated heterocycles. The number of carbonyl (C=O) groups is 1. The van der Waals surface area contributed by atoms with Crippen LogP contribution in [0.5, 0.6) is 0 Å². The number of aryl methyl sites for hydroxylation is 2. The number of nitrogens with zero attached hydrogens (tertiary/aromatic N) is 3. The smallest absolute Gasteiger partial charge is 0.251 e. The second-order valence-corrected chi connectivity index (χ2v) is 8.90. The average Bonchev–Trinajstić information content (AvgIpc) is 3.11. The largest absolute Gasteiger partial charge is 0.352 e. The summed E-state index contributed by atoms with van der Waals surface area (Å²) < 4.78 is 42.7. The van der Waals surface area contributed by atoms with Gasteiger partial charge in [-0.1, -0.05) is 6.42 Å². The molecule has 1 aliphatic rings. The highest BCUT2D eigenvalue weighted by atomic mass is 32.2. The number of nitrogens with one attached hydrogen (secondary N) is 1. The van der Waals surface area contributed by atoms with E-state index in [4.69, 9.17) is 0 Å². The van der Waals surface area contributed by atoms with Crippen LogP contribution >= 0.6 is 0 Å². The lowest BCUT2D eigenvalue weighted by atomic mass is 10.2. The van der Waals surface area contributed by atoms with Crippen molar-refractivity contribution in [1.29, 1.82) is 0 Å². The van der Waals surface area contributed by atoms with Gasteiger partial charge in [-0.05, 0) is 49.4 Å². The molecule has 0 aliphatic carbocycles. The van der Waals surface area contributed by atoms with Crippen LogP contribution in [0.1, 0.15) is 41.6 Å². The van der Waals surface area contributed by atoms with E-state index in [-0.39, 0.29) is 5.56 Å². The molecule has 3 rings (SSSR count). The van der Waals surface area contributed by atoms with Crippen molar-refractivity contribution in [3.63, 3.8) is 0 Å². The Morgan fingerprint density at radius 2 is 2.00 bits per heavy atom. The molecule has 9 heteroatoms. The molecule has 0 saturated carbocycles. The van der Waals surface area contributed by atoms with Gasteiger partial charge in [0.1, 0.15) is 10.7 Å². The number of hydrogen-bond acceptors (Lipinski definition) is 4. The first-order valence-electron chi connectivity index (χ1n) is 9.43. The van der Waals surface area contributed by atoms with Gasteiger partial charge in [0.2, 0.25) is 10.0 Å². The molecule has 1 amide bonds. The summed E-state index contributed by atoms with van der Waals surface area (Å²) in [4.78, 5) is 11.9. The number of hydrogen-bond donors (Lipinski definition) is 1. The highest BCUT2D eigenvalue weighted by molar-refractivity contribution is 7.89. The number of piperidine rings is 1. The summed E-state index contributed by atoms with van der Waals surface area (Å²) in [6.45, 7) is 1.19. The molecule has 0 atom stereocenters. The van der Waals surface area contributed by atoms with E-state index >= 15 is 0 Å². The Bertz CT molecular complexity index is 936. The molecule has 1 aromatic heterocycles. The Hall–Kier alpha value is -2.26. The minimum absolute atomic E-state index is 0.137. The zero-order chi connectivity index (χ0) is 20.1. The Morgan fingerprint density at radius 3 is 2.68 bits per heavy atom. The predicted octanol–water partition coefficient (Wildman–Crippen LogP) is 2.10. The Kier molecular flexibility index (Phi) is 6.46. The van der Waals surface area contributed by atoms with Crippen LogP contribution in [-0.4, -0.2) is 48.0 Å². The fraction of sp³-hybridized carbons (Fsp3) is 0.474. The molecule has 152 valence electrons. The lowest BCUT2D eigenvalue weighted by molar-refractivity contribution is 0.0953. The van der Waals surface area contributed by atoms with E-state index in [1.54, 1.807) is 10.9 Å². The Labute approximate surface area is 164 Å². The van der Waals surface area contributed by atoms with Crippen molar-refractivity contribution in [3.05, 3.63) is 47.5 Å². The second kappa shape index (κ2) is 8.83. The maximum atomic E-state index is 14.2. The van der Waals surface area contributed by atoms with Gasteiger partial charge in [-0.2, -0.15) is 9.40 Å². The lowest BCUT2D eigenvalue weighted by Gasteiger charge is -2.26. The van der Waals surface area contributed by atoms with Crippen molar-refractivity contribution in [2.45, 2.75) is 37.0 Å². The van der Waals surface area contributed by atoms with E-state index in [1.165, 1.54) is 10.4 Å². The number of amides is 1. The van der Waals surface area contributed by atoms with Gasteiger partial charge in [0, 0.05) is 38.4 Å². The standard InChI is InChI=1S/C19H25FN4O3S/c1-23-14-15(13-22-23)6-5-9-21-19(25)16-7-8-17(20)18(12-16)28(26,27)24-10-3-2-4-11-24/h7-8,12-14H,2-6,9-11H2,1H3,(H,21,25). The summed E-state index contributed by atoms with van der Waals surface area (Å²) in [5.41, 5.74) is 1.21. The van der Waals surface area contributed by atoms with E-state index < -0.39 is 26.6 Å². The molecule has 1 aliphatic heterocycles. The SMILES string of the molecule is Cn1cc(CCCNC(=O)c2ccc(F)c(S(=O)(=O)N3CCCCC3)c2)cn1. The molecule has 7 nitrogen and oxygen atoms in total. The van der Waals surface area contributed by atoms with Gasteiger partial charge in [-0.25, -0.2) is 12.8 Å². The third-order valence-electron chi connectivity index (χ3n) is 4.81. The van der Waals surface area contributed by atoms with Crippen LogP contribution in [0.4, 0.5) is 4.39 Å². The average molecular weight is 408 g/mol. The van der Waals surface area contributed by atoms with E-state index in [0.717, 1.165) is 49.8 Å². The van der Waals surface area contributed by atoms with Crippen LogP contribution in [-0.2, 0) is 23.5 Å².